The Morgan fingerprint density at radius 2 is 2.17 bits per heavy atom. The van der Waals surface area contributed by atoms with Gasteiger partial charge in [-0.05, 0) is 12.6 Å². The number of aromatic nitrogens is 3. The molecule has 1 N–H and O–H groups in total. The van der Waals surface area contributed by atoms with Crippen molar-refractivity contribution in [1.82, 2.24) is 25.3 Å². The fraction of sp³-hybridized carbons (Fsp3) is 0.353. The van der Waals surface area contributed by atoms with Gasteiger partial charge in [-0.2, -0.15) is 4.98 Å². The lowest BCUT2D eigenvalue weighted by atomic mass is 10.2. The molecule has 0 bridgehead atoms. The van der Waals surface area contributed by atoms with Crippen molar-refractivity contribution < 1.29 is 4.52 Å². The van der Waals surface area contributed by atoms with Crippen LogP contribution >= 0.6 is 11.3 Å². The van der Waals surface area contributed by atoms with Crippen LogP contribution in [0.1, 0.15) is 22.4 Å². The van der Waals surface area contributed by atoms with E-state index in [2.05, 4.69) is 44.5 Å². The SMILES string of the molecule is CN1CCNCC1c1noc(-c2csc(Cc3ccccc3)n2)n1. The highest BCUT2D eigenvalue weighted by atomic mass is 32.1. The van der Waals surface area contributed by atoms with Gasteiger partial charge in [-0.3, -0.25) is 4.90 Å². The lowest BCUT2D eigenvalue weighted by Gasteiger charge is -2.30. The predicted molar refractivity (Wildman–Crippen MR) is 92.9 cm³/mol. The Morgan fingerprint density at radius 1 is 1.29 bits per heavy atom. The van der Waals surface area contributed by atoms with Gasteiger partial charge in [0.1, 0.15) is 5.69 Å². The van der Waals surface area contributed by atoms with E-state index in [0.717, 1.165) is 42.6 Å². The van der Waals surface area contributed by atoms with Gasteiger partial charge in [0.2, 0.25) is 0 Å². The molecule has 3 heterocycles. The summed E-state index contributed by atoms with van der Waals surface area (Å²) in [6, 6.07) is 10.5. The summed E-state index contributed by atoms with van der Waals surface area (Å²) in [6.07, 6.45) is 0.821. The van der Waals surface area contributed by atoms with Crippen molar-refractivity contribution in [3.63, 3.8) is 0 Å². The van der Waals surface area contributed by atoms with E-state index in [1.165, 1.54) is 5.56 Å². The van der Waals surface area contributed by atoms with Crippen LogP contribution in [0.3, 0.4) is 0 Å². The Kier molecular flexibility index (Phi) is 4.38. The maximum absolute atomic E-state index is 5.44. The van der Waals surface area contributed by atoms with Crippen LogP contribution in [-0.2, 0) is 6.42 Å². The summed E-state index contributed by atoms with van der Waals surface area (Å²) in [4.78, 5) is 11.4. The summed E-state index contributed by atoms with van der Waals surface area (Å²) in [7, 11) is 2.09. The van der Waals surface area contributed by atoms with E-state index < -0.39 is 0 Å². The molecule has 1 aliphatic rings. The second kappa shape index (κ2) is 6.80. The second-order valence-corrected chi connectivity index (χ2v) is 6.89. The third-order valence-electron chi connectivity index (χ3n) is 4.22. The topological polar surface area (TPSA) is 67.1 Å². The zero-order valence-electron chi connectivity index (χ0n) is 13.5. The highest BCUT2D eigenvalue weighted by molar-refractivity contribution is 7.10. The van der Waals surface area contributed by atoms with Gasteiger partial charge >= 0.3 is 0 Å². The molecule has 0 amide bonds. The number of piperazine rings is 1. The summed E-state index contributed by atoms with van der Waals surface area (Å²) in [5.74, 6) is 1.22. The van der Waals surface area contributed by atoms with Gasteiger partial charge in [0.05, 0.1) is 11.0 Å². The first-order valence-electron chi connectivity index (χ1n) is 8.03. The Hall–Kier alpha value is -2.09. The summed E-state index contributed by atoms with van der Waals surface area (Å²) >= 11 is 1.62. The Morgan fingerprint density at radius 3 is 3.00 bits per heavy atom. The van der Waals surface area contributed by atoms with Crippen LogP contribution in [0.4, 0.5) is 0 Å². The van der Waals surface area contributed by atoms with Crippen LogP contribution in [0.25, 0.3) is 11.6 Å². The maximum atomic E-state index is 5.44. The molecular formula is C17H19N5OS. The number of rotatable bonds is 4. The number of nitrogens with one attached hydrogen (secondary N) is 1. The highest BCUT2D eigenvalue weighted by Crippen LogP contribution is 2.25. The van der Waals surface area contributed by atoms with E-state index in [1.54, 1.807) is 11.3 Å². The van der Waals surface area contributed by atoms with Gasteiger partial charge in [0, 0.05) is 31.4 Å². The monoisotopic (exact) mass is 341 g/mol. The van der Waals surface area contributed by atoms with Crippen molar-refractivity contribution in [3.05, 3.63) is 52.1 Å². The molecule has 0 spiro atoms. The molecule has 4 rings (SSSR count). The van der Waals surface area contributed by atoms with Crippen molar-refractivity contribution in [3.8, 4) is 11.6 Å². The molecule has 7 heteroatoms. The van der Waals surface area contributed by atoms with Gasteiger partial charge in [0.25, 0.3) is 5.89 Å². The van der Waals surface area contributed by atoms with Crippen molar-refractivity contribution in [1.29, 1.82) is 0 Å². The van der Waals surface area contributed by atoms with E-state index >= 15 is 0 Å². The van der Waals surface area contributed by atoms with Crippen LogP contribution in [-0.4, -0.2) is 46.7 Å². The number of hydrogen-bond donors (Lipinski definition) is 1. The maximum Gasteiger partial charge on any atom is 0.277 e. The second-order valence-electron chi connectivity index (χ2n) is 5.95. The van der Waals surface area contributed by atoms with Crippen LogP contribution in [0.2, 0.25) is 0 Å². The number of hydrogen-bond acceptors (Lipinski definition) is 7. The summed E-state index contributed by atoms with van der Waals surface area (Å²) in [5, 5.41) is 10.6. The van der Waals surface area contributed by atoms with E-state index in [0.29, 0.717) is 5.89 Å². The molecule has 3 aromatic rings. The largest absolute Gasteiger partial charge is 0.332 e. The summed E-state index contributed by atoms with van der Waals surface area (Å²) in [5.41, 5.74) is 2.01. The van der Waals surface area contributed by atoms with E-state index in [1.807, 2.05) is 23.6 Å². The number of likely N-dealkylation sites (N-methyl/N-ethyl adjacent to an activating group) is 1. The fourth-order valence-corrected chi connectivity index (χ4v) is 3.63. The first-order chi connectivity index (χ1) is 11.8. The molecule has 1 saturated heterocycles. The molecule has 24 heavy (non-hydrogen) atoms. The molecule has 0 saturated carbocycles. The minimum Gasteiger partial charge on any atom is -0.332 e. The van der Waals surface area contributed by atoms with Crippen LogP contribution in [0, 0.1) is 0 Å². The first kappa shape index (κ1) is 15.4. The molecule has 6 nitrogen and oxygen atoms in total. The van der Waals surface area contributed by atoms with E-state index in [4.69, 9.17) is 4.52 Å². The summed E-state index contributed by atoms with van der Waals surface area (Å²) in [6.45, 7) is 2.81. The third kappa shape index (κ3) is 3.24. The predicted octanol–water partition coefficient (Wildman–Crippen LogP) is 2.36. The molecule has 1 aromatic carbocycles. The number of thiazole rings is 1. The van der Waals surface area contributed by atoms with Gasteiger partial charge in [0.15, 0.2) is 5.82 Å². The van der Waals surface area contributed by atoms with E-state index in [9.17, 15) is 0 Å². The van der Waals surface area contributed by atoms with Crippen LogP contribution in [0.15, 0.2) is 40.2 Å². The molecule has 1 atom stereocenters. The molecule has 1 aliphatic heterocycles. The zero-order chi connectivity index (χ0) is 16.4. The lowest BCUT2D eigenvalue weighted by molar-refractivity contribution is 0.190. The Balaban J connectivity index is 1.50. The van der Waals surface area contributed by atoms with Gasteiger partial charge in [-0.25, -0.2) is 4.98 Å². The zero-order valence-corrected chi connectivity index (χ0v) is 14.3. The lowest BCUT2D eigenvalue weighted by Crippen LogP contribution is -2.44. The van der Waals surface area contributed by atoms with Crippen LogP contribution < -0.4 is 5.32 Å². The average molecular weight is 341 g/mol. The molecule has 0 radical (unpaired) electrons. The molecular weight excluding hydrogens is 322 g/mol. The minimum absolute atomic E-state index is 0.152. The summed E-state index contributed by atoms with van der Waals surface area (Å²) < 4.78 is 5.44. The Bertz CT molecular complexity index is 800. The highest BCUT2D eigenvalue weighted by Gasteiger charge is 2.26. The number of nitrogens with zero attached hydrogens (tertiary/aromatic N) is 4. The van der Waals surface area contributed by atoms with E-state index in [-0.39, 0.29) is 6.04 Å². The van der Waals surface area contributed by atoms with Gasteiger partial charge < -0.3 is 9.84 Å². The van der Waals surface area contributed by atoms with Gasteiger partial charge in [-0.1, -0.05) is 35.5 Å². The third-order valence-corrected chi connectivity index (χ3v) is 5.07. The van der Waals surface area contributed by atoms with Crippen molar-refractivity contribution in [2.24, 2.45) is 0 Å². The first-order valence-corrected chi connectivity index (χ1v) is 8.91. The molecule has 124 valence electrons. The normalized spacial score (nSPS) is 18.8. The van der Waals surface area contributed by atoms with Gasteiger partial charge in [-0.15, -0.1) is 11.3 Å². The average Bonchev–Trinajstić information content (AvgIpc) is 3.25. The smallest absolute Gasteiger partial charge is 0.277 e. The quantitative estimate of drug-likeness (QED) is 0.786. The molecule has 2 aromatic heterocycles. The fourth-order valence-electron chi connectivity index (χ4n) is 2.83. The minimum atomic E-state index is 0.152. The van der Waals surface area contributed by atoms with Crippen molar-refractivity contribution >= 4 is 11.3 Å². The van der Waals surface area contributed by atoms with Crippen LogP contribution in [0.5, 0.6) is 0 Å². The molecule has 1 fully saturated rings. The standard InChI is InChI=1S/C17H19N5OS/c1-22-8-7-18-10-14(22)16-20-17(23-21-16)13-11-24-15(19-13)9-12-5-3-2-4-6-12/h2-6,11,14,18H,7-10H2,1H3. The van der Waals surface area contributed by atoms with Crippen molar-refractivity contribution in [2.75, 3.05) is 26.7 Å². The molecule has 1 unspecified atom stereocenters. The number of benzene rings is 1. The molecule has 0 aliphatic carbocycles. The Labute approximate surface area is 144 Å². The van der Waals surface area contributed by atoms with Crippen molar-refractivity contribution in [2.45, 2.75) is 12.5 Å².